The topological polar surface area (TPSA) is 51.0 Å². The van der Waals surface area contributed by atoms with Crippen molar-refractivity contribution in [3.63, 3.8) is 0 Å². The maximum Gasteiger partial charge on any atom is 0.226 e. The van der Waals surface area contributed by atoms with Crippen molar-refractivity contribution in [2.24, 2.45) is 11.3 Å². The van der Waals surface area contributed by atoms with Gasteiger partial charge in [0, 0.05) is 6.42 Å². The van der Waals surface area contributed by atoms with Gasteiger partial charge in [-0.15, -0.1) is 0 Å². The Hall–Kier alpha value is -0.900. The molecule has 0 amide bonds. The Morgan fingerprint density at radius 2 is 2.17 bits per heavy atom. The lowest BCUT2D eigenvalue weighted by Crippen LogP contribution is -2.27. The van der Waals surface area contributed by atoms with E-state index in [2.05, 4.69) is 43.2 Å². The zero-order valence-corrected chi connectivity index (χ0v) is 12.0. The standard InChI is InChI=1S/C14H25N3O/c1-10(14(2,3)4)9-12-16-13(17-18-12)11-7-5-6-8-15-11/h10-11,15H,5-9H2,1-4H3. The van der Waals surface area contributed by atoms with Crippen LogP contribution in [0.3, 0.4) is 0 Å². The first-order valence-electron chi connectivity index (χ1n) is 7.02. The van der Waals surface area contributed by atoms with E-state index in [-0.39, 0.29) is 5.41 Å². The molecule has 2 rings (SSSR count). The smallest absolute Gasteiger partial charge is 0.226 e. The summed E-state index contributed by atoms with van der Waals surface area (Å²) in [6, 6.07) is 0.293. The second kappa shape index (κ2) is 5.39. The second-order valence-corrected chi connectivity index (χ2v) is 6.52. The molecule has 1 N–H and O–H groups in total. The Kier molecular flexibility index (Phi) is 4.05. The number of rotatable bonds is 3. The van der Waals surface area contributed by atoms with Crippen molar-refractivity contribution in [1.82, 2.24) is 15.5 Å². The molecular weight excluding hydrogens is 226 g/mol. The number of aromatic nitrogens is 2. The van der Waals surface area contributed by atoms with Crippen LogP contribution in [0.25, 0.3) is 0 Å². The monoisotopic (exact) mass is 251 g/mol. The molecule has 4 nitrogen and oxygen atoms in total. The van der Waals surface area contributed by atoms with Crippen molar-refractivity contribution in [3.8, 4) is 0 Å². The fourth-order valence-electron chi connectivity index (χ4n) is 2.13. The maximum atomic E-state index is 5.38. The summed E-state index contributed by atoms with van der Waals surface area (Å²) < 4.78 is 5.38. The molecule has 18 heavy (non-hydrogen) atoms. The lowest BCUT2D eigenvalue weighted by molar-refractivity contribution is 0.236. The van der Waals surface area contributed by atoms with Gasteiger partial charge in [-0.1, -0.05) is 39.3 Å². The van der Waals surface area contributed by atoms with E-state index in [1.54, 1.807) is 0 Å². The summed E-state index contributed by atoms with van der Waals surface area (Å²) in [5.74, 6) is 2.15. The van der Waals surface area contributed by atoms with Gasteiger partial charge in [0.15, 0.2) is 5.82 Å². The van der Waals surface area contributed by atoms with E-state index >= 15 is 0 Å². The lowest BCUT2D eigenvalue weighted by Gasteiger charge is -2.25. The fraction of sp³-hybridized carbons (Fsp3) is 0.857. The molecular formula is C14H25N3O. The first-order valence-corrected chi connectivity index (χ1v) is 7.02. The number of nitrogens with zero attached hydrogens (tertiary/aromatic N) is 2. The van der Waals surface area contributed by atoms with E-state index in [0.29, 0.717) is 12.0 Å². The van der Waals surface area contributed by atoms with Crippen LogP contribution >= 0.6 is 0 Å². The molecule has 1 aliphatic rings. The maximum absolute atomic E-state index is 5.38. The first kappa shape index (κ1) is 13.5. The first-order chi connectivity index (χ1) is 8.47. The minimum absolute atomic E-state index is 0.276. The molecule has 1 aliphatic heterocycles. The largest absolute Gasteiger partial charge is 0.339 e. The highest BCUT2D eigenvalue weighted by molar-refractivity contribution is 4.96. The molecule has 1 aromatic rings. The number of hydrogen-bond acceptors (Lipinski definition) is 4. The van der Waals surface area contributed by atoms with Crippen molar-refractivity contribution in [2.45, 2.75) is 59.4 Å². The van der Waals surface area contributed by atoms with E-state index in [1.165, 1.54) is 12.8 Å². The summed E-state index contributed by atoms with van der Waals surface area (Å²) >= 11 is 0. The summed E-state index contributed by atoms with van der Waals surface area (Å²) in [4.78, 5) is 4.55. The minimum Gasteiger partial charge on any atom is -0.339 e. The van der Waals surface area contributed by atoms with Crippen molar-refractivity contribution in [1.29, 1.82) is 0 Å². The lowest BCUT2D eigenvalue weighted by atomic mass is 9.80. The average Bonchev–Trinajstić information content (AvgIpc) is 2.77. The van der Waals surface area contributed by atoms with Crippen molar-refractivity contribution in [2.75, 3.05) is 6.54 Å². The van der Waals surface area contributed by atoms with Crippen LogP contribution in [0, 0.1) is 11.3 Å². The molecule has 0 aliphatic carbocycles. The Morgan fingerprint density at radius 1 is 1.39 bits per heavy atom. The zero-order valence-electron chi connectivity index (χ0n) is 12.0. The summed E-state index contributed by atoms with van der Waals surface area (Å²) in [5, 5.41) is 7.57. The third-order valence-electron chi connectivity index (χ3n) is 4.06. The van der Waals surface area contributed by atoms with Gasteiger partial charge in [0.1, 0.15) is 0 Å². The molecule has 102 valence electrons. The Bertz CT molecular complexity index is 375. The van der Waals surface area contributed by atoms with Crippen LogP contribution in [0.15, 0.2) is 4.52 Å². The van der Waals surface area contributed by atoms with E-state index in [1.807, 2.05) is 0 Å². The normalized spacial score (nSPS) is 23.0. The van der Waals surface area contributed by atoms with E-state index in [0.717, 1.165) is 31.1 Å². The molecule has 2 unspecified atom stereocenters. The van der Waals surface area contributed by atoms with Gasteiger partial charge in [-0.05, 0) is 30.7 Å². The molecule has 0 spiro atoms. The fourth-order valence-corrected chi connectivity index (χ4v) is 2.13. The quantitative estimate of drug-likeness (QED) is 0.896. The van der Waals surface area contributed by atoms with Crippen LogP contribution < -0.4 is 5.32 Å². The van der Waals surface area contributed by atoms with Gasteiger partial charge < -0.3 is 9.84 Å². The average molecular weight is 251 g/mol. The van der Waals surface area contributed by atoms with Gasteiger partial charge in [-0.2, -0.15) is 4.98 Å². The van der Waals surface area contributed by atoms with Gasteiger partial charge in [0.05, 0.1) is 6.04 Å². The Labute approximate surface area is 110 Å². The molecule has 1 aromatic heterocycles. The Morgan fingerprint density at radius 3 is 2.78 bits per heavy atom. The van der Waals surface area contributed by atoms with E-state index in [9.17, 15) is 0 Å². The van der Waals surface area contributed by atoms with Crippen LogP contribution in [0.4, 0.5) is 0 Å². The van der Waals surface area contributed by atoms with Crippen LogP contribution in [0.2, 0.25) is 0 Å². The zero-order chi connectivity index (χ0) is 13.2. The number of piperidine rings is 1. The van der Waals surface area contributed by atoms with Gasteiger partial charge >= 0.3 is 0 Å². The van der Waals surface area contributed by atoms with Gasteiger partial charge in [-0.25, -0.2) is 0 Å². The highest BCUT2D eigenvalue weighted by Gasteiger charge is 2.24. The van der Waals surface area contributed by atoms with Gasteiger partial charge in [0.2, 0.25) is 5.89 Å². The SMILES string of the molecule is CC(Cc1nc(C2CCCCN2)no1)C(C)(C)C. The summed E-state index contributed by atoms with van der Waals surface area (Å²) in [5.41, 5.74) is 0.276. The molecule has 2 atom stereocenters. The molecule has 0 saturated carbocycles. The van der Waals surface area contributed by atoms with E-state index in [4.69, 9.17) is 4.52 Å². The molecule has 2 heterocycles. The second-order valence-electron chi connectivity index (χ2n) is 6.52. The summed E-state index contributed by atoms with van der Waals surface area (Å²) in [7, 11) is 0. The van der Waals surface area contributed by atoms with Crippen molar-refractivity contribution < 1.29 is 4.52 Å². The summed E-state index contributed by atoms with van der Waals surface area (Å²) in [6.07, 6.45) is 4.49. The van der Waals surface area contributed by atoms with Crippen molar-refractivity contribution >= 4 is 0 Å². The number of nitrogens with one attached hydrogen (secondary N) is 1. The third-order valence-corrected chi connectivity index (χ3v) is 4.06. The molecule has 0 aromatic carbocycles. The molecule has 1 fully saturated rings. The van der Waals surface area contributed by atoms with Crippen molar-refractivity contribution in [3.05, 3.63) is 11.7 Å². The number of hydrogen-bond donors (Lipinski definition) is 1. The molecule has 0 bridgehead atoms. The van der Waals surface area contributed by atoms with Crippen LogP contribution in [0.1, 0.15) is 64.7 Å². The third kappa shape index (κ3) is 3.31. The molecule has 1 saturated heterocycles. The predicted octanol–water partition coefficient (Wildman–Crippen LogP) is 3.11. The van der Waals surface area contributed by atoms with Crippen LogP contribution in [-0.4, -0.2) is 16.7 Å². The molecule has 4 heteroatoms. The van der Waals surface area contributed by atoms with Crippen LogP contribution in [0.5, 0.6) is 0 Å². The Balaban J connectivity index is 1.97. The highest BCUT2D eigenvalue weighted by atomic mass is 16.5. The molecule has 0 radical (unpaired) electrons. The predicted molar refractivity (Wildman–Crippen MR) is 71.2 cm³/mol. The summed E-state index contributed by atoms with van der Waals surface area (Å²) in [6.45, 7) is 10.0. The highest BCUT2D eigenvalue weighted by Crippen LogP contribution is 2.28. The van der Waals surface area contributed by atoms with E-state index < -0.39 is 0 Å². The van der Waals surface area contributed by atoms with Gasteiger partial charge in [-0.3, -0.25) is 0 Å². The minimum atomic E-state index is 0.276. The van der Waals surface area contributed by atoms with Crippen LogP contribution in [-0.2, 0) is 6.42 Å². The van der Waals surface area contributed by atoms with Gasteiger partial charge in [0.25, 0.3) is 0 Å².